The summed E-state index contributed by atoms with van der Waals surface area (Å²) in [5, 5.41) is 27.2. The van der Waals surface area contributed by atoms with E-state index in [1.165, 1.54) is 4.90 Å². The lowest BCUT2D eigenvalue weighted by Crippen LogP contribution is -2.58. The van der Waals surface area contributed by atoms with E-state index in [-0.39, 0.29) is 88.7 Å². The number of guanidine groups is 1. The van der Waals surface area contributed by atoms with Gasteiger partial charge in [0.25, 0.3) is 5.91 Å². The molecule has 1 unspecified atom stereocenters. The molecule has 0 aliphatic carbocycles. The normalized spacial score (nSPS) is 14.3. The van der Waals surface area contributed by atoms with E-state index >= 15 is 0 Å². The van der Waals surface area contributed by atoms with E-state index in [0.717, 1.165) is 50.1 Å². The largest absolute Gasteiger partial charge is 0.508 e. The molecule has 21 heteroatoms. The Kier molecular flexibility index (Phi) is 25.3. The van der Waals surface area contributed by atoms with E-state index in [1.54, 1.807) is 74.5 Å². The molecule has 0 aromatic heterocycles. The number of hydrogen-bond acceptors (Lipinski definition) is 12. The summed E-state index contributed by atoms with van der Waals surface area (Å²) in [4.78, 5) is 104. The van der Waals surface area contributed by atoms with Gasteiger partial charge in [0.1, 0.15) is 29.9 Å². The first-order valence-corrected chi connectivity index (χ1v) is 30.3. The van der Waals surface area contributed by atoms with Gasteiger partial charge in [0.05, 0.1) is 12.1 Å². The summed E-state index contributed by atoms with van der Waals surface area (Å²) in [6, 6.07) is 38.5. The summed E-state index contributed by atoms with van der Waals surface area (Å²) in [5.74, 6) is -3.68. The number of carbonyl (C=O) groups is 7. The topological polar surface area (TPSA) is 358 Å². The number of hydrogen-bond donors (Lipinski definition) is 12. The van der Waals surface area contributed by atoms with Crippen molar-refractivity contribution in [3.05, 3.63) is 196 Å². The molecule has 0 bridgehead atoms. The van der Waals surface area contributed by atoms with E-state index in [9.17, 15) is 38.7 Å². The number of unbranched alkanes of at least 4 members (excludes halogenated alkanes) is 1. The van der Waals surface area contributed by atoms with Crippen LogP contribution in [0.2, 0.25) is 0 Å². The summed E-state index contributed by atoms with van der Waals surface area (Å²) in [6.07, 6.45) is 2.74. The average Bonchev–Trinajstić information content (AvgIpc) is 1.34. The van der Waals surface area contributed by atoms with Gasteiger partial charge >= 0.3 is 0 Å². The third kappa shape index (κ3) is 20.3. The van der Waals surface area contributed by atoms with Crippen molar-refractivity contribution in [1.82, 2.24) is 36.8 Å². The number of benzene rings is 6. The summed E-state index contributed by atoms with van der Waals surface area (Å²) >= 11 is 0. The minimum Gasteiger partial charge on any atom is -0.508 e. The standard InChI is InChI=1S/C68H85N13O8/c1-43-36-53(82)37-44(2)54(43)41-55(70)62(84)78-58(21-13-32-77-68(72)73)64(86)80-59(39-46-14-5-3-6-15-46)65(87)79-57(20-11-12-31-69)63(85)75-34-35-76-66(88)60-40-51-18-9-10-19-52(51)42-81(60)67(89)56(71)38-47-24-28-50(29-25-47)61(83)74-33-30-45-22-26-49(27-23-45)48-16-7-4-8-17-48/h3-10,14-19,22-29,36-37,55-60,82H,11-13,20-21,30-35,38-42,69-71H2,1-2H3,(H,74,83)(H,75,85)(H,76,88)(H,78,84)(H,79,87)(H,80,86)(H4,72,73,77)/t55-,56-,57-,58+,59-,60?/m0/s1. The highest BCUT2D eigenvalue weighted by Gasteiger charge is 2.37. The predicted octanol–water partition coefficient (Wildman–Crippen LogP) is 3.15. The van der Waals surface area contributed by atoms with Crippen molar-refractivity contribution in [2.75, 3.05) is 32.7 Å². The Morgan fingerprint density at radius 1 is 0.573 bits per heavy atom. The van der Waals surface area contributed by atoms with Crippen LogP contribution in [0.25, 0.3) is 11.1 Å². The number of carbonyl (C=O) groups excluding carboxylic acids is 7. The van der Waals surface area contributed by atoms with Gasteiger partial charge < -0.3 is 70.6 Å². The van der Waals surface area contributed by atoms with Crippen LogP contribution in [0.15, 0.2) is 151 Å². The fraction of sp³-hybridized carbons (Fsp3) is 0.353. The lowest BCUT2D eigenvalue weighted by molar-refractivity contribution is -0.142. The Morgan fingerprint density at radius 2 is 1.13 bits per heavy atom. The van der Waals surface area contributed by atoms with Crippen LogP contribution in [0.5, 0.6) is 5.75 Å². The number of aromatic hydroxyl groups is 1. The molecule has 7 amide bonds. The van der Waals surface area contributed by atoms with E-state index in [1.807, 2.05) is 48.5 Å². The number of aryl methyl sites for hydroxylation is 2. The van der Waals surface area contributed by atoms with Crippen LogP contribution in [-0.4, -0.2) is 126 Å². The minimum absolute atomic E-state index is 0.0200. The van der Waals surface area contributed by atoms with Gasteiger partial charge in [-0.15, -0.1) is 0 Å². The van der Waals surface area contributed by atoms with E-state index < -0.39 is 71.7 Å². The Bertz CT molecular complexity index is 3360. The van der Waals surface area contributed by atoms with Crippen LogP contribution in [0.4, 0.5) is 0 Å². The molecule has 6 aromatic rings. The number of phenolic OH excluding ortho intramolecular Hbond substituents is 1. The fourth-order valence-electron chi connectivity index (χ4n) is 10.9. The van der Waals surface area contributed by atoms with Crippen LogP contribution in [0.3, 0.4) is 0 Å². The zero-order valence-corrected chi connectivity index (χ0v) is 50.7. The molecule has 89 heavy (non-hydrogen) atoms. The third-order valence-corrected chi connectivity index (χ3v) is 15.8. The van der Waals surface area contributed by atoms with Gasteiger partial charge in [-0.25, -0.2) is 0 Å². The van der Waals surface area contributed by atoms with E-state index in [2.05, 4.69) is 73.3 Å². The molecule has 17 N–H and O–H groups in total. The molecule has 470 valence electrons. The molecule has 0 saturated heterocycles. The number of aliphatic imine (C=N–C) groups is 1. The van der Waals surface area contributed by atoms with Crippen molar-refractivity contribution in [3.8, 4) is 16.9 Å². The molecular weight excluding hydrogens is 1130 g/mol. The van der Waals surface area contributed by atoms with Gasteiger partial charge in [-0.1, -0.05) is 121 Å². The Labute approximate surface area is 520 Å². The maximum atomic E-state index is 14.5. The summed E-state index contributed by atoms with van der Waals surface area (Å²) in [5.41, 5.74) is 39.3. The van der Waals surface area contributed by atoms with Crippen LogP contribution >= 0.6 is 0 Å². The molecule has 7 rings (SSSR count). The number of fused-ring (bicyclic) bond motifs is 1. The molecule has 0 radical (unpaired) electrons. The fourth-order valence-corrected chi connectivity index (χ4v) is 10.9. The van der Waals surface area contributed by atoms with Crippen molar-refractivity contribution in [2.24, 2.45) is 33.7 Å². The van der Waals surface area contributed by atoms with Gasteiger partial charge in [-0.05, 0) is 152 Å². The Morgan fingerprint density at radius 3 is 1.81 bits per heavy atom. The Hall–Kier alpha value is -9.44. The molecule has 6 aromatic carbocycles. The maximum Gasteiger partial charge on any atom is 0.251 e. The van der Waals surface area contributed by atoms with Crippen LogP contribution in [0.1, 0.15) is 87.0 Å². The second-order valence-electron chi connectivity index (χ2n) is 22.6. The van der Waals surface area contributed by atoms with Gasteiger partial charge in [0.2, 0.25) is 35.4 Å². The zero-order valence-electron chi connectivity index (χ0n) is 50.7. The number of rotatable bonds is 31. The first-order chi connectivity index (χ1) is 42.9. The molecule has 0 saturated carbocycles. The maximum absolute atomic E-state index is 14.5. The van der Waals surface area contributed by atoms with Crippen molar-refractivity contribution in [1.29, 1.82) is 0 Å². The van der Waals surface area contributed by atoms with Crippen molar-refractivity contribution in [3.63, 3.8) is 0 Å². The highest BCUT2D eigenvalue weighted by molar-refractivity contribution is 5.96. The van der Waals surface area contributed by atoms with Gasteiger partial charge in [0.15, 0.2) is 5.96 Å². The number of phenols is 1. The average molecular weight is 1210 g/mol. The van der Waals surface area contributed by atoms with Crippen LogP contribution in [0, 0.1) is 13.8 Å². The number of nitrogens with two attached hydrogens (primary N) is 5. The van der Waals surface area contributed by atoms with Gasteiger partial charge in [-0.2, -0.15) is 0 Å². The summed E-state index contributed by atoms with van der Waals surface area (Å²) < 4.78 is 0. The quantitative estimate of drug-likeness (QED) is 0.0169. The minimum atomic E-state index is -1.23. The number of nitrogens with zero attached hydrogens (tertiary/aromatic N) is 2. The molecule has 0 spiro atoms. The second kappa shape index (κ2) is 33.6. The molecule has 1 aliphatic rings. The van der Waals surface area contributed by atoms with E-state index in [0.29, 0.717) is 43.5 Å². The lowest BCUT2D eigenvalue weighted by Gasteiger charge is -2.37. The second-order valence-corrected chi connectivity index (χ2v) is 22.6. The van der Waals surface area contributed by atoms with Crippen LogP contribution < -0.4 is 60.6 Å². The molecule has 1 aliphatic heterocycles. The number of nitrogens with one attached hydrogen (secondary N) is 6. The lowest BCUT2D eigenvalue weighted by atomic mass is 9.92. The zero-order chi connectivity index (χ0) is 63.8. The SMILES string of the molecule is Cc1cc(O)cc(C)c1C[C@H](N)C(=O)N[C@H](CCCN=C(N)N)C(=O)N[C@@H](Cc1ccccc1)C(=O)N[C@@H](CCCCN)C(=O)NCCNC(=O)C1Cc2ccccc2CN1C(=O)[C@@H](N)Cc1ccc(C(=O)NCCc2ccc(-c3ccccc3)cc2)cc1. The first-order valence-electron chi connectivity index (χ1n) is 30.3. The molecule has 1 heterocycles. The van der Waals surface area contributed by atoms with Gasteiger partial charge in [-0.3, -0.25) is 38.6 Å². The first kappa shape index (κ1) is 67.1. The smallest absolute Gasteiger partial charge is 0.251 e. The summed E-state index contributed by atoms with van der Waals surface area (Å²) in [6.45, 7) is 4.62. The van der Waals surface area contributed by atoms with Crippen molar-refractivity contribution in [2.45, 2.75) is 121 Å². The highest BCUT2D eigenvalue weighted by Crippen LogP contribution is 2.26. The van der Waals surface area contributed by atoms with Crippen molar-refractivity contribution >= 4 is 47.3 Å². The summed E-state index contributed by atoms with van der Waals surface area (Å²) in [7, 11) is 0. The third-order valence-electron chi connectivity index (χ3n) is 15.8. The van der Waals surface area contributed by atoms with E-state index in [4.69, 9.17) is 28.7 Å². The molecule has 21 nitrogen and oxygen atoms in total. The molecule has 6 atom stereocenters. The highest BCUT2D eigenvalue weighted by atomic mass is 16.3. The molecule has 0 fully saturated rings. The van der Waals surface area contributed by atoms with Crippen molar-refractivity contribution < 1.29 is 38.7 Å². The Balaban J connectivity index is 0.948. The monoisotopic (exact) mass is 1210 g/mol. The van der Waals surface area contributed by atoms with Gasteiger partial charge in [0, 0.05) is 51.1 Å². The predicted molar refractivity (Wildman–Crippen MR) is 345 cm³/mol. The number of amides is 7. The van der Waals surface area contributed by atoms with Crippen LogP contribution in [-0.2, 0) is 67.4 Å². The molecular formula is C68H85N13O8.